The van der Waals surface area contributed by atoms with Gasteiger partial charge in [0.05, 0.1) is 7.11 Å². The molecule has 1 N–H and O–H groups in total. The molecule has 0 aliphatic heterocycles. The maximum Gasteiger partial charge on any atom is 0.348 e. The second-order valence-corrected chi connectivity index (χ2v) is 3.39. The van der Waals surface area contributed by atoms with E-state index in [4.69, 9.17) is 4.74 Å². The summed E-state index contributed by atoms with van der Waals surface area (Å²) in [5, 5.41) is 0. The number of methoxy groups -OCH3 is 1. The van der Waals surface area contributed by atoms with Crippen molar-refractivity contribution in [3.63, 3.8) is 0 Å². The number of ether oxygens (including phenoxy) is 1. The van der Waals surface area contributed by atoms with Gasteiger partial charge in [-0.3, -0.25) is 0 Å². The molecule has 5 nitrogen and oxygen atoms in total. The molecule has 1 aromatic rings. The number of aromatic amines is 1. The Hall–Kier alpha value is -1.66. The quantitative estimate of drug-likeness (QED) is 0.809. The standard InChI is InChI=1S/C10H15F2N3O2/c1-7-8(15(5-3-11)6-4-12)9(17-2)14-10(16)13-7/h3-6H2,1-2H3,(H,13,14,16). The fraction of sp³-hybridized carbons (Fsp3) is 0.600. The topological polar surface area (TPSA) is 58.2 Å². The number of aryl methyl sites for hydroxylation is 1. The highest BCUT2D eigenvalue weighted by atomic mass is 19.1. The summed E-state index contributed by atoms with van der Waals surface area (Å²) in [7, 11) is 1.35. The number of hydrogen-bond acceptors (Lipinski definition) is 4. The summed E-state index contributed by atoms with van der Waals surface area (Å²) in [6, 6.07) is 0. The van der Waals surface area contributed by atoms with E-state index in [1.54, 1.807) is 6.92 Å². The normalized spacial score (nSPS) is 10.4. The molecule has 0 fully saturated rings. The van der Waals surface area contributed by atoms with Crippen LogP contribution in [0.25, 0.3) is 0 Å². The van der Waals surface area contributed by atoms with Crippen LogP contribution in [0, 0.1) is 6.92 Å². The van der Waals surface area contributed by atoms with Gasteiger partial charge in [0, 0.05) is 18.8 Å². The minimum absolute atomic E-state index is 0.0227. The van der Waals surface area contributed by atoms with Crippen molar-refractivity contribution in [2.75, 3.05) is 38.4 Å². The Morgan fingerprint density at radius 3 is 2.41 bits per heavy atom. The molecule has 96 valence electrons. The number of rotatable bonds is 6. The summed E-state index contributed by atoms with van der Waals surface area (Å²) >= 11 is 0. The molecule has 0 aliphatic rings. The molecular weight excluding hydrogens is 232 g/mol. The van der Waals surface area contributed by atoms with Gasteiger partial charge in [-0.1, -0.05) is 0 Å². The minimum atomic E-state index is -0.623. The highest BCUT2D eigenvalue weighted by Gasteiger charge is 2.17. The average molecular weight is 247 g/mol. The summed E-state index contributed by atoms with van der Waals surface area (Å²) < 4.78 is 29.8. The van der Waals surface area contributed by atoms with Crippen molar-refractivity contribution < 1.29 is 13.5 Å². The van der Waals surface area contributed by atoms with Crippen LogP contribution in [-0.2, 0) is 0 Å². The summed E-state index contributed by atoms with van der Waals surface area (Å²) in [6.45, 7) is 0.428. The predicted octanol–water partition coefficient (Wildman–Crippen LogP) is 0.832. The molecule has 0 aliphatic carbocycles. The number of anilines is 1. The molecule has 0 aromatic carbocycles. The number of nitrogens with zero attached hydrogens (tertiary/aromatic N) is 2. The smallest absolute Gasteiger partial charge is 0.348 e. The Balaban J connectivity index is 3.20. The lowest BCUT2D eigenvalue weighted by Gasteiger charge is -2.24. The third-order valence-corrected chi connectivity index (χ3v) is 2.27. The van der Waals surface area contributed by atoms with Crippen molar-refractivity contribution in [2.45, 2.75) is 6.92 Å². The zero-order valence-corrected chi connectivity index (χ0v) is 9.80. The van der Waals surface area contributed by atoms with Gasteiger partial charge in [-0.2, -0.15) is 4.98 Å². The minimum Gasteiger partial charge on any atom is -0.479 e. The molecule has 0 radical (unpaired) electrons. The van der Waals surface area contributed by atoms with Crippen molar-refractivity contribution in [3.05, 3.63) is 16.2 Å². The molecule has 1 heterocycles. The van der Waals surface area contributed by atoms with Gasteiger partial charge in [0.1, 0.15) is 19.0 Å². The Morgan fingerprint density at radius 2 is 1.94 bits per heavy atom. The molecule has 0 atom stereocenters. The van der Waals surface area contributed by atoms with Crippen molar-refractivity contribution in [2.24, 2.45) is 0 Å². The van der Waals surface area contributed by atoms with Crippen molar-refractivity contribution in [3.8, 4) is 5.88 Å². The predicted molar refractivity (Wildman–Crippen MR) is 60.3 cm³/mol. The SMILES string of the molecule is COc1nc(=O)[nH]c(C)c1N(CCF)CCF. The lowest BCUT2D eigenvalue weighted by atomic mass is 10.3. The third kappa shape index (κ3) is 3.15. The number of H-pyrrole nitrogens is 1. The van der Waals surface area contributed by atoms with Crippen molar-refractivity contribution in [1.29, 1.82) is 0 Å². The first-order valence-electron chi connectivity index (χ1n) is 5.15. The highest BCUT2D eigenvalue weighted by Crippen LogP contribution is 2.26. The Bertz CT molecular complexity index is 417. The van der Waals surface area contributed by atoms with Gasteiger partial charge < -0.3 is 14.6 Å². The number of aromatic nitrogens is 2. The number of alkyl halides is 2. The molecule has 0 bridgehead atoms. The fourth-order valence-corrected chi connectivity index (χ4v) is 1.61. The molecular formula is C10H15F2N3O2. The van der Waals surface area contributed by atoms with Crippen LogP contribution < -0.4 is 15.3 Å². The maximum atomic E-state index is 12.4. The number of nitrogens with one attached hydrogen (secondary N) is 1. The molecule has 0 saturated heterocycles. The summed E-state index contributed by atoms with van der Waals surface area (Å²) in [4.78, 5) is 18.7. The average Bonchev–Trinajstić information content (AvgIpc) is 2.28. The van der Waals surface area contributed by atoms with Crippen LogP contribution in [-0.4, -0.2) is 43.5 Å². The van der Waals surface area contributed by atoms with E-state index < -0.39 is 19.0 Å². The molecule has 1 rings (SSSR count). The van der Waals surface area contributed by atoms with Crippen LogP contribution in [0.15, 0.2) is 4.79 Å². The van der Waals surface area contributed by atoms with E-state index in [0.717, 1.165) is 0 Å². The second-order valence-electron chi connectivity index (χ2n) is 3.39. The molecule has 1 aromatic heterocycles. The molecule has 0 saturated carbocycles. The maximum absolute atomic E-state index is 12.4. The Morgan fingerprint density at radius 1 is 1.35 bits per heavy atom. The van der Waals surface area contributed by atoms with Gasteiger partial charge in [-0.15, -0.1) is 0 Å². The third-order valence-electron chi connectivity index (χ3n) is 2.27. The first kappa shape index (κ1) is 13.4. The molecule has 7 heteroatoms. The second kappa shape index (κ2) is 6.17. The van der Waals surface area contributed by atoms with Gasteiger partial charge in [0.15, 0.2) is 0 Å². The molecule has 0 amide bonds. The van der Waals surface area contributed by atoms with Crippen LogP contribution in [0.4, 0.5) is 14.5 Å². The van der Waals surface area contributed by atoms with Crippen LogP contribution >= 0.6 is 0 Å². The summed E-state index contributed by atoms with van der Waals surface area (Å²) in [6.07, 6.45) is 0. The van der Waals surface area contributed by atoms with Gasteiger partial charge >= 0.3 is 5.69 Å². The zero-order valence-electron chi connectivity index (χ0n) is 9.80. The van der Waals surface area contributed by atoms with E-state index in [1.807, 2.05) is 0 Å². The highest BCUT2D eigenvalue weighted by molar-refractivity contribution is 5.58. The monoisotopic (exact) mass is 247 g/mol. The number of hydrogen-bond donors (Lipinski definition) is 1. The fourth-order valence-electron chi connectivity index (χ4n) is 1.61. The summed E-state index contributed by atoms with van der Waals surface area (Å²) in [5.41, 5.74) is 0.342. The lowest BCUT2D eigenvalue weighted by Crippen LogP contribution is -2.31. The Labute approximate surface area is 97.4 Å². The van der Waals surface area contributed by atoms with Gasteiger partial charge in [-0.05, 0) is 6.92 Å². The zero-order chi connectivity index (χ0) is 12.8. The van der Waals surface area contributed by atoms with E-state index >= 15 is 0 Å². The van der Waals surface area contributed by atoms with Crippen LogP contribution in [0.3, 0.4) is 0 Å². The van der Waals surface area contributed by atoms with E-state index in [1.165, 1.54) is 12.0 Å². The first-order chi connectivity index (χ1) is 8.13. The van der Waals surface area contributed by atoms with E-state index in [0.29, 0.717) is 11.4 Å². The van der Waals surface area contributed by atoms with Crippen LogP contribution in [0.5, 0.6) is 5.88 Å². The van der Waals surface area contributed by atoms with Crippen molar-refractivity contribution >= 4 is 5.69 Å². The largest absolute Gasteiger partial charge is 0.479 e. The van der Waals surface area contributed by atoms with Crippen molar-refractivity contribution in [1.82, 2.24) is 9.97 Å². The van der Waals surface area contributed by atoms with E-state index in [-0.39, 0.29) is 19.0 Å². The van der Waals surface area contributed by atoms with Crippen LogP contribution in [0.2, 0.25) is 0 Å². The van der Waals surface area contributed by atoms with Gasteiger partial charge in [-0.25, -0.2) is 13.6 Å². The Kier molecular flexibility index (Phi) is 4.86. The van der Waals surface area contributed by atoms with E-state index in [2.05, 4.69) is 9.97 Å². The molecule has 0 unspecified atom stereocenters. The lowest BCUT2D eigenvalue weighted by molar-refractivity contribution is 0.390. The van der Waals surface area contributed by atoms with Gasteiger partial charge in [0.25, 0.3) is 0 Å². The van der Waals surface area contributed by atoms with Gasteiger partial charge in [0.2, 0.25) is 5.88 Å². The van der Waals surface area contributed by atoms with Crippen LogP contribution in [0.1, 0.15) is 5.69 Å². The molecule has 17 heavy (non-hydrogen) atoms. The molecule has 0 spiro atoms. The number of halogens is 2. The first-order valence-corrected chi connectivity index (χ1v) is 5.15. The summed E-state index contributed by atoms with van der Waals surface area (Å²) in [5.74, 6) is 0.0770. The van der Waals surface area contributed by atoms with E-state index in [9.17, 15) is 13.6 Å².